The summed E-state index contributed by atoms with van der Waals surface area (Å²) in [6.07, 6.45) is -0.368. The Morgan fingerprint density at radius 3 is 2.04 bits per heavy atom. The van der Waals surface area contributed by atoms with E-state index in [0.29, 0.717) is 41.1 Å². The summed E-state index contributed by atoms with van der Waals surface area (Å²) in [5.74, 6) is 2.90. The molecular formula is C20H22O8. The fourth-order valence-corrected chi connectivity index (χ4v) is 3.92. The van der Waals surface area contributed by atoms with E-state index >= 15 is 0 Å². The van der Waals surface area contributed by atoms with Gasteiger partial charge in [-0.05, 0) is 12.1 Å². The summed E-state index contributed by atoms with van der Waals surface area (Å²) < 4.78 is 39.5. The molecule has 2 atom stereocenters. The Labute approximate surface area is 162 Å². The van der Waals surface area contributed by atoms with Crippen LogP contribution in [0.1, 0.15) is 23.1 Å². The minimum atomic E-state index is -0.368. The summed E-state index contributed by atoms with van der Waals surface area (Å²) in [5, 5.41) is 10.3. The monoisotopic (exact) mass is 390 g/mol. The van der Waals surface area contributed by atoms with Crippen molar-refractivity contribution in [2.45, 2.75) is 12.0 Å². The summed E-state index contributed by atoms with van der Waals surface area (Å²) in [6, 6.07) is 3.46. The van der Waals surface area contributed by atoms with Gasteiger partial charge in [-0.25, -0.2) is 0 Å². The number of ether oxygens (including phenoxy) is 7. The Balaban J connectivity index is 1.88. The predicted molar refractivity (Wildman–Crippen MR) is 98.9 cm³/mol. The normalized spacial score (nSPS) is 18.8. The van der Waals surface area contributed by atoms with Crippen LogP contribution in [0.5, 0.6) is 46.0 Å². The number of benzene rings is 2. The first-order valence-electron chi connectivity index (χ1n) is 8.69. The molecule has 2 aromatic carbocycles. The lowest BCUT2D eigenvalue weighted by Gasteiger charge is -2.30. The van der Waals surface area contributed by atoms with Crippen molar-refractivity contribution in [3.63, 3.8) is 0 Å². The zero-order valence-corrected chi connectivity index (χ0v) is 16.3. The lowest BCUT2D eigenvalue weighted by Crippen LogP contribution is -2.23. The third kappa shape index (κ3) is 2.37. The minimum absolute atomic E-state index is 0.0157. The SMILES string of the molecule is COc1cc2c(c(OC)c1OC)OC[C@H]1c3cc(O)c(OC)c(OC)c3O[C@H]21. The predicted octanol–water partition coefficient (Wildman–Crippen LogP) is 3.04. The molecule has 1 N–H and O–H groups in total. The maximum Gasteiger partial charge on any atom is 0.207 e. The Morgan fingerprint density at radius 2 is 1.43 bits per heavy atom. The van der Waals surface area contributed by atoms with E-state index in [-0.39, 0.29) is 23.5 Å². The Kier molecular flexibility index (Phi) is 4.41. The van der Waals surface area contributed by atoms with Crippen LogP contribution in [0, 0.1) is 0 Å². The Morgan fingerprint density at radius 1 is 0.786 bits per heavy atom. The van der Waals surface area contributed by atoms with Gasteiger partial charge in [0.05, 0.1) is 48.1 Å². The van der Waals surface area contributed by atoms with E-state index in [2.05, 4.69) is 0 Å². The van der Waals surface area contributed by atoms with Crippen LogP contribution in [0.2, 0.25) is 0 Å². The van der Waals surface area contributed by atoms with Gasteiger partial charge in [0.2, 0.25) is 23.0 Å². The van der Waals surface area contributed by atoms with Gasteiger partial charge in [0.1, 0.15) is 6.10 Å². The Bertz CT molecular complexity index is 923. The molecule has 0 spiro atoms. The van der Waals surface area contributed by atoms with Crippen molar-refractivity contribution >= 4 is 0 Å². The molecule has 0 amide bonds. The van der Waals surface area contributed by atoms with Crippen LogP contribution < -0.4 is 33.2 Å². The molecular weight excluding hydrogens is 368 g/mol. The third-order valence-electron chi connectivity index (χ3n) is 5.14. The molecule has 0 bridgehead atoms. The van der Waals surface area contributed by atoms with Gasteiger partial charge in [0.25, 0.3) is 0 Å². The number of phenolic OH excluding ortho intramolecular Hbond substituents is 1. The molecule has 4 rings (SSSR count). The van der Waals surface area contributed by atoms with E-state index in [0.717, 1.165) is 11.1 Å². The van der Waals surface area contributed by atoms with E-state index < -0.39 is 0 Å². The smallest absolute Gasteiger partial charge is 0.207 e. The zero-order valence-electron chi connectivity index (χ0n) is 16.3. The van der Waals surface area contributed by atoms with Gasteiger partial charge in [-0.2, -0.15) is 0 Å². The van der Waals surface area contributed by atoms with E-state index in [1.165, 1.54) is 14.2 Å². The molecule has 0 saturated carbocycles. The van der Waals surface area contributed by atoms with Gasteiger partial charge in [0.15, 0.2) is 23.0 Å². The number of phenols is 1. The molecule has 0 aromatic heterocycles. The largest absolute Gasteiger partial charge is 0.504 e. The van der Waals surface area contributed by atoms with Crippen molar-refractivity contribution in [2.24, 2.45) is 0 Å². The van der Waals surface area contributed by atoms with Crippen molar-refractivity contribution < 1.29 is 38.3 Å². The van der Waals surface area contributed by atoms with Gasteiger partial charge in [0, 0.05) is 11.1 Å². The van der Waals surface area contributed by atoms with Crippen LogP contribution in [0.4, 0.5) is 0 Å². The second-order valence-electron chi connectivity index (χ2n) is 6.40. The molecule has 0 fully saturated rings. The molecule has 2 heterocycles. The fraction of sp³-hybridized carbons (Fsp3) is 0.400. The van der Waals surface area contributed by atoms with Gasteiger partial charge < -0.3 is 38.3 Å². The number of hydrogen-bond donors (Lipinski definition) is 1. The van der Waals surface area contributed by atoms with E-state index in [4.69, 9.17) is 33.2 Å². The number of aromatic hydroxyl groups is 1. The highest BCUT2D eigenvalue weighted by Gasteiger charge is 2.45. The fourth-order valence-electron chi connectivity index (χ4n) is 3.92. The van der Waals surface area contributed by atoms with Crippen LogP contribution in [-0.4, -0.2) is 47.3 Å². The zero-order chi connectivity index (χ0) is 20.0. The van der Waals surface area contributed by atoms with Gasteiger partial charge >= 0.3 is 0 Å². The molecule has 0 radical (unpaired) electrons. The van der Waals surface area contributed by atoms with Crippen LogP contribution >= 0.6 is 0 Å². The van der Waals surface area contributed by atoms with Crippen molar-refractivity contribution in [3.8, 4) is 46.0 Å². The van der Waals surface area contributed by atoms with Crippen LogP contribution in [0.25, 0.3) is 0 Å². The molecule has 2 aliphatic heterocycles. The van der Waals surface area contributed by atoms with Crippen molar-refractivity contribution in [3.05, 3.63) is 23.3 Å². The second-order valence-corrected chi connectivity index (χ2v) is 6.40. The molecule has 8 heteroatoms. The number of hydrogen-bond acceptors (Lipinski definition) is 8. The maximum atomic E-state index is 10.3. The summed E-state index contributed by atoms with van der Waals surface area (Å²) in [7, 11) is 7.61. The lowest BCUT2D eigenvalue weighted by atomic mass is 9.88. The molecule has 0 unspecified atom stereocenters. The Hall–Kier alpha value is -3.16. The van der Waals surface area contributed by atoms with Crippen molar-refractivity contribution in [2.75, 3.05) is 42.2 Å². The first-order chi connectivity index (χ1) is 13.6. The molecule has 0 aliphatic carbocycles. The second kappa shape index (κ2) is 6.78. The summed E-state index contributed by atoms with van der Waals surface area (Å²) in [5.41, 5.74) is 1.56. The van der Waals surface area contributed by atoms with Gasteiger partial charge in [-0.1, -0.05) is 0 Å². The molecule has 28 heavy (non-hydrogen) atoms. The lowest BCUT2D eigenvalue weighted by molar-refractivity contribution is 0.131. The van der Waals surface area contributed by atoms with Crippen LogP contribution in [0.15, 0.2) is 12.1 Å². The quantitative estimate of drug-likeness (QED) is 0.834. The van der Waals surface area contributed by atoms with Gasteiger partial charge in [-0.15, -0.1) is 0 Å². The third-order valence-corrected chi connectivity index (χ3v) is 5.14. The summed E-state index contributed by atoms with van der Waals surface area (Å²) >= 11 is 0. The van der Waals surface area contributed by atoms with E-state index in [9.17, 15) is 5.11 Å². The number of methoxy groups -OCH3 is 5. The maximum absolute atomic E-state index is 10.3. The van der Waals surface area contributed by atoms with Crippen LogP contribution in [0.3, 0.4) is 0 Å². The van der Waals surface area contributed by atoms with Crippen molar-refractivity contribution in [1.29, 1.82) is 0 Å². The minimum Gasteiger partial charge on any atom is -0.504 e. The molecule has 0 saturated heterocycles. The van der Waals surface area contributed by atoms with Crippen LogP contribution in [-0.2, 0) is 0 Å². The highest BCUT2D eigenvalue weighted by Crippen LogP contribution is 2.61. The molecule has 2 aliphatic rings. The van der Waals surface area contributed by atoms with E-state index in [1.807, 2.05) is 6.07 Å². The van der Waals surface area contributed by atoms with E-state index in [1.54, 1.807) is 27.4 Å². The number of rotatable bonds is 5. The summed E-state index contributed by atoms with van der Waals surface area (Å²) in [6.45, 7) is 0.339. The average Bonchev–Trinajstić information content (AvgIpc) is 3.09. The standard InChI is InChI=1S/C20H22O8/c1-22-13-7-10-14-11(8-27-15(10)19(25-4)18(13)24-3)9-6-12(21)17(23-2)20(26-5)16(9)28-14/h6-7,11,14,21H,8H2,1-5H3/t11-,14+/m0/s1. The first kappa shape index (κ1) is 18.2. The van der Waals surface area contributed by atoms with Crippen molar-refractivity contribution in [1.82, 2.24) is 0 Å². The number of fused-ring (bicyclic) bond motifs is 5. The first-order valence-corrected chi connectivity index (χ1v) is 8.69. The molecule has 150 valence electrons. The molecule has 8 nitrogen and oxygen atoms in total. The highest BCUT2D eigenvalue weighted by molar-refractivity contribution is 5.69. The highest BCUT2D eigenvalue weighted by atomic mass is 16.6. The average molecular weight is 390 g/mol. The summed E-state index contributed by atoms with van der Waals surface area (Å²) in [4.78, 5) is 0. The molecule has 2 aromatic rings. The van der Waals surface area contributed by atoms with Gasteiger partial charge in [-0.3, -0.25) is 0 Å². The topological polar surface area (TPSA) is 84.8 Å².